The lowest BCUT2D eigenvalue weighted by molar-refractivity contribution is 0.0528. The fourth-order valence-corrected chi connectivity index (χ4v) is 1.71. The molecule has 4 heteroatoms. The van der Waals surface area contributed by atoms with E-state index in [1.807, 2.05) is 30.3 Å². The minimum absolute atomic E-state index is 0.307. The third-order valence-electron chi connectivity index (χ3n) is 2.51. The Hall–Kier alpha value is -2.36. The van der Waals surface area contributed by atoms with Crippen LogP contribution < -0.4 is 5.73 Å². The summed E-state index contributed by atoms with van der Waals surface area (Å²) in [6.45, 7) is 2.06. The smallest absolute Gasteiger partial charge is 0.342 e. The summed E-state index contributed by atoms with van der Waals surface area (Å²) in [5.74, 6) is -0.443. The number of nitrogen functional groups attached to an aromatic ring is 1. The first-order valence-corrected chi connectivity index (χ1v) is 5.71. The molecule has 2 aromatic rings. The Bertz CT molecular complexity index is 553. The fraction of sp³-hybridized carbons (Fsp3) is 0.143. The number of aromatic nitrogens is 1. The number of carbonyl (C=O) groups is 1. The first-order valence-electron chi connectivity index (χ1n) is 5.71. The Labute approximate surface area is 105 Å². The molecule has 1 aromatic carbocycles. The third-order valence-corrected chi connectivity index (χ3v) is 2.51. The van der Waals surface area contributed by atoms with Crippen LogP contribution in [0.25, 0.3) is 11.3 Å². The van der Waals surface area contributed by atoms with Crippen molar-refractivity contribution in [1.82, 2.24) is 4.98 Å². The van der Waals surface area contributed by atoms with Gasteiger partial charge in [0.25, 0.3) is 0 Å². The summed E-state index contributed by atoms with van der Waals surface area (Å²) in [6.07, 6.45) is 1.58. The SMILES string of the molecule is CCOC(=O)c1c(N)ccnc1-c1ccccc1. The van der Waals surface area contributed by atoms with Crippen molar-refractivity contribution in [1.29, 1.82) is 0 Å². The summed E-state index contributed by atoms with van der Waals surface area (Å²) in [7, 11) is 0. The van der Waals surface area contributed by atoms with Crippen molar-refractivity contribution in [3.05, 3.63) is 48.2 Å². The first kappa shape index (κ1) is 12.1. The molecule has 1 heterocycles. The van der Waals surface area contributed by atoms with E-state index in [2.05, 4.69) is 4.98 Å². The van der Waals surface area contributed by atoms with Crippen LogP contribution in [0, 0.1) is 0 Å². The summed E-state index contributed by atoms with van der Waals surface area (Å²) in [5.41, 5.74) is 7.94. The van der Waals surface area contributed by atoms with Gasteiger partial charge in [0.2, 0.25) is 0 Å². The fourth-order valence-electron chi connectivity index (χ4n) is 1.71. The number of rotatable bonds is 3. The number of pyridine rings is 1. The Morgan fingerprint density at radius 2 is 2.00 bits per heavy atom. The number of nitrogens with zero attached hydrogens (tertiary/aromatic N) is 1. The molecule has 18 heavy (non-hydrogen) atoms. The number of hydrogen-bond acceptors (Lipinski definition) is 4. The Balaban J connectivity index is 2.55. The van der Waals surface area contributed by atoms with Crippen molar-refractivity contribution in [2.45, 2.75) is 6.92 Å². The van der Waals surface area contributed by atoms with Crippen LogP contribution in [0.2, 0.25) is 0 Å². The molecule has 4 nitrogen and oxygen atoms in total. The molecule has 0 amide bonds. The number of anilines is 1. The monoisotopic (exact) mass is 242 g/mol. The third kappa shape index (κ3) is 2.32. The second kappa shape index (κ2) is 5.31. The molecule has 0 radical (unpaired) electrons. The molecule has 2 N–H and O–H groups in total. The van der Waals surface area contributed by atoms with E-state index in [0.29, 0.717) is 23.6 Å². The molecular weight excluding hydrogens is 228 g/mol. The minimum atomic E-state index is -0.443. The highest BCUT2D eigenvalue weighted by Crippen LogP contribution is 2.25. The van der Waals surface area contributed by atoms with Crippen LogP contribution in [0.3, 0.4) is 0 Å². The molecule has 0 saturated carbocycles. The molecule has 0 atom stereocenters. The van der Waals surface area contributed by atoms with E-state index in [0.717, 1.165) is 5.56 Å². The van der Waals surface area contributed by atoms with Crippen LogP contribution in [0.5, 0.6) is 0 Å². The first-order chi connectivity index (χ1) is 8.74. The summed E-state index contributed by atoms with van der Waals surface area (Å²) in [4.78, 5) is 16.1. The Morgan fingerprint density at radius 3 is 2.67 bits per heavy atom. The maximum absolute atomic E-state index is 11.9. The maximum Gasteiger partial charge on any atom is 0.342 e. The van der Waals surface area contributed by atoms with Gasteiger partial charge in [-0.05, 0) is 13.0 Å². The zero-order valence-electron chi connectivity index (χ0n) is 10.1. The zero-order chi connectivity index (χ0) is 13.0. The van der Waals surface area contributed by atoms with Crippen molar-refractivity contribution in [2.75, 3.05) is 12.3 Å². The van der Waals surface area contributed by atoms with Gasteiger partial charge in [-0.1, -0.05) is 30.3 Å². The van der Waals surface area contributed by atoms with E-state index < -0.39 is 5.97 Å². The van der Waals surface area contributed by atoms with Crippen molar-refractivity contribution in [3.8, 4) is 11.3 Å². The number of hydrogen-bond donors (Lipinski definition) is 1. The van der Waals surface area contributed by atoms with Gasteiger partial charge >= 0.3 is 5.97 Å². The van der Waals surface area contributed by atoms with Gasteiger partial charge in [-0.15, -0.1) is 0 Å². The highest BCUT2D eigenvalue weighted by molar-refractivity contribution is 6.01. The lowest BCUT2D eigenvalue weighted by atomic mass is 10.0. The minimum Gasteiger partial charge on any atom is -0.462 e. The number of benzene rings is 1. The molecule has 0 saturated heterocycles. The molecule has 0 bridgehead atoms. The molecule has 0 unspecified atom stereocenters. The molecule has 0 fully saturated rings. The normalized spacial score (nSPS) is 10.1. The Kier molecular flexibility index (Phi) is 3.57. The van der Waals surface area contributed by atoms with E-state index in [9.17, 15) is 4.79 Å². The molecule has 92 valence electrons. The molecular formula is C14H14N2O2. The predicted molar refractivity (Wildman–Crippen MR) is 70.0 cm³/mol. The highest BCUT2D eigenvalue weighted by atomic mass is 16.5. The van der Waals surface area contributed by atoms with E-state index in [1.165, 1.54) is 0 Å². The molecule has 0 spiro atoms. The molecule has 1 aromatic heterocycles. The average molecular weight is 242 g/mol. The van der Waals surface area contributed by atoms with E-state index in [4.69, 9.17) is 10.5 Å². The lowest BCUT2D eigenvalue weighted by Crippen LogP contribution is -2.10. The van der Waals surface area contributed by atoms with Crippen LogP contribution >= 0.6 is 0 Å². The summed E-state index contributed by atoms with van der Waals surface area (Å²) >= 11 is 0. The number of nitrogens with two attached hydrogens (primary N) is 1. The quantitative estimate of drug-likeness (QED) is 0.840. The van der Waals surface area contributed by atoms with Gasteiger partial charge in [-0.3, -0.25) is 4.98 Å². The van der Waals surface area contributed by atoms with Gasteiger partial charge in [-0.2, -0.15) is 0 Å². The van der Waals surface area contributed by atoms with E-state index in [-0.39, 0.29) is 0 Å². The lowest BCUT2D eigenvalue weighted by Gasteiger charge is -2.10. The number of carbonyl (C=O) groups excluding carboxylic acids is 1. The molecule has 2 rings (SSSR count). The van der Waals surface area contributed by atoms with E-state index >= 15 is 0 Å². The number of esters is 1. The predicted octanol–water partition coefficient (Wildman–Crippen LogP) is 2.51. The summed E-state index contributed by atoms with van der Waals surface area (Å²) < 4.78 is 5.01. The van der Waals surface area contributed by atoms with Gasteiger partial charge in [0.05, 0.1) is 12.3 Å². The zero-order valence-corrected chi connectivity index (χ0v) is 10.1. The van der Waals surface area contributed by atoms with Crippen molar-refractivity contribution >= 4 is 11.7 Å². The van der Waals surface area contributed by atoms with Crippen molar-refractivity contribution < 1.29 is 9.53 Å². The molecule has 0 aliphatic rings. The van der Waals surface area contributed by atoms with Crippen LogP contribution in [0.4, 0.5) is 5.69 Å². The highest BCUT2D eigenvalue weighted by Gasteiger charge is 2.18. The standard InChI is InChI=1S/C14H14N2O2/c1-2-18-14(17)12-11(15)8-9-16-13(12)10-6-4-3-5-7-10/h3-9H,2H2,1H3,(H2,15,16). The maximum atomic E-state index is 11.9. The van der Waals surface area contributed by atoms with Crippen LogP contribution in [0.1, 0.15) is 17.3 Å². The van der Waals surface area contributed by atoms with Gasteiger partial charge in [0, 0.05) is 17.4 Å². The molecule has 0 aliphatic heterocycles. The van der Waals surface area contributed by atoms with Gasteiger partial charge in [0.15, 0.2) is 0 Å². The largest absolute Gasteiger partial charge is 0.462 e. The van der Waals surface area contributed by atoms with Crippen molar-refractivity contribution in [2.24, 2.45) is 0 Å². The summed E-state index contributed by atoms with van der Waals surface area (Å²) in [5, 5.41) is 0. The van der Waals surface area contributed by atoms with Gasteiger partial charge in [0.1, 0.15) is 5.56 Å². The summed E-state index contributed by atoms with van der Waals surface area (Å²) in [6, 6.07) is 11.0. The topological polar surface area (TPSA) is 65.2 Å². The average Bonchev–Trinajstić information content (AvgIpc) is 2.39. The van der Waals surface area contributed by atoms with Gasteiger partial charge in [-0.25, -0.2) is 4.79 Å². The van der Waals surface area contributed by atoms with Crippen LogP contribution in [-0.4, -0.2) is 17.6 Å². The van der Waals surface area contributed by atoms with Crippen LogP contribution in [-0.2, 0) is 4.74 Å². The Morgan fingerprint density at radius 1 is 1.28 bits per heavy atom. The second-order valence-corrected chi connectivity index (χ2v) is 3.71. The number of ether oxygens (including phenoxy) is 1. The molecule has 0 aliphatic carbocycles. The van der Waals surface area contributed by atoms with Crippen LogP contribution in [0.15, 0.2) is 42.6 Å². The van der Waals surface area contributed by atoms with Crippen molar-refractivity contribution in [3.63, 3.8) is 0 Å². The second-order valence-electron chi connectivity index (χ2n) is 3.71. The van der Waals surface area contributed by atoms with E-state index in [1.54, 1.807) is 19.2 Å². The van der Waals surface area contributed by atoms with Gasteiger partial charge < -0.3 is 10.5 Å².